The average molecular weight is 262 g/mol. The Balaban J connectivity index is 2.05. The lowest BCUT2D eigenvalue weighted by molar-refractivity contribution is 0.986. The van der Waals surface area contributed by atoms with E-state index in [2.05, 4.69) is 25.1 Å². The molecule has 0 aliphatic rings. The smallest absolute Gasteiger partial charge is 0.191 e. The van der Waals surface area contributed by atoms with E-state index in [0.717, 1.165) is 17.1 Å². The molecule has 4 rings (SSSR count). The molecule has 0 atom stereocenters. The van der Waals surface area contributed by atoms with Gasteiger partial charge in [-0.1, -0.05) is 30.3 Å². The number of aryl methyl sites for hydroxylation is 1. The van der Waals surface area contributed by atoms with Crippen LogP contribution in [0.4, 0.5) is 0 Å². The van der Waals surface area contributed by atoms with Crippen LogP contribution in [-0.4, -0.2) is 29.5 Å². The highest BCUT2D eigenvalue weighted by Gasteiger charge is 2.10. The van der Waals surface area contributed by atoms with Gasteiger partial charge in [-0.2, -0.15) is 0 Å². The lowest BCUT2D eigenvalue weighted by atomic mass is 10.2. The molecule has 0 amide bonds. The monoisotopic (exact) mass is 262 g/mol. The topological polar surface area (TPSA) is 68.9 Å². The highest BCUT2D eigenvalue weighted by Crippen LogP contribution is 2.19. The number of hydrogen-bond donors (Lipinski definition) is 0. The summed E-state index contributed by atoms with van der Waals surface area (Å²) in [6, 6.07) is 9.92. The second-order valence-electron chi connectivity index (χ2n) is 4.48. The van der Waals surface area contributed by atoms with Crippen LogP contribution < -0.4 is 0 Å². The van der Waals surface area contributed by atoms with Gasteiger partial charge >= 0.3 is 0 Å². The van der Waals surface area contributed by atoms with Crippen LogP contribution in [0.2, 0.25) is 0 Å². The zero-order valence-corrected chi connectivity index (χ0v) is 10.7. The summed E-state index contributed by atoms with van der Waals surface area (Å²) in [5, 5.41) is 8.21. The highest BCUT2D eigenvalue weighted by molar-refractivity contribution is 5.85. The molecule has 0 radical (unpaired) electrons. The molecule has 6 heteroatoms. The molecule has 0 saturated heterocycles. The third kappa shape index (κ3) is 1.55. The minimum absolute atomic E-state index is 0.574. The van der Waals surface area contributed by atoms with Crippen LogP contribution in [-0.2, 0) is 0 Å². The number of nitrogens with zero attached hydrogens (tertiary/aromatic N) is 6. The summed E-state index contributed by atoms with van der Waals surface area (Å²) in [5.74, 6) is 0.779. The molecule has 4 aromatic rings. The molecule has 1 aromatic carbocycles. The molecule has 20 heavy (non-hydrogen) atoms. The maximum atomic E-state index is 4.64. The van der Waals surface area contributed by atoms with Gasteiger partial charge in [-0.25, -0.2) is 15.0 Å². The molecule has 0 aliphatic heterocycles. The summed E-state index contributed by atoms with van der Waals surface area (Å²) in [6.07, 6.45) is 3.40. The normalized spacial score (nSPS) is 11.2. The van der Waals surface area contributed by atoms with Gasteiger partial charge in [0.25, 0.3) is 0 Å². The van der Waals surface area contributed by atoms with E-state index in [1.807, 2.05) is 41.7 Å². The van der Waals surface area contributed by atoms with Crippen molar-refractivity contribution in [2.24, 2.45) is 0 Å². The molecule has 0 N–H and O–H groups in total. The summed E-state index contributed by atoms with van der Waals surface area (Å²) in [7, 11) is 0. The second-order valence-corrected chi connectivity index (χ2v) is 4.48. The van der Waals surface area contributed by atoms with Crippen molar-refractivity contribution in [3.63, 3.8) is 0 Å². The van der Waals surface area contributed by atoms with Gasteiger partial charge in [0.05, 0.1) is 11.9 Å². The summed E-state index contributed by atoms with van der Waals surface area (Å²) in [4.78, 5) is 13.3. The predicted molar refractivity (Wildman–Crippen MR) is 74.1 cm³/mol. The van der Waals surface area contributed by atoms with E-state index in [9.17, 15) is 0 Å². The second kappa shape index (κ2) is 4.06. The molecule has 0 bridgehead atoms. The van der Waals surface area contributed by atoms with E-state index in [4.69, 9.17) is 0 Å². The molecule has 0 saturated carbocycles. The fourth-order valence-corrected chi connectivity index (χ4v) is 2.16. The SMILES string of the molecule is Cc1nnc2c3nc(-c4ccccc4)cnc3ncn12. The van der Waals surface area contributed by atoms with Crippen LogP contribution in [0.25, 0.3) is 28.1 Å². The van der Waals surface area contributed by atoms with Crippen molar-refractivity contribution in [3.05, 3.63) is 48.7 Å². The fraction of sp³-hybridized carbons (Fsp3) is 0.0714. The highest BCUT2D eigenvalue weighted by atomic mass is 15.3. The van der Waals surface area contributed by atoms with Crippen molar-refractivity contribution in [2.45, 2.75) is 6.92 Å². The number of fused-ring (bicyclic) bond motifs is 3. The predicted octanol–water partition coefficient (Wildman–Crippen LogP) is 2.04. The van der Waals surface area contributed by atoms with Crippen LogP contribution in [0, 0.1) is 6.92 Å². The molecule has 3 aromatic heterocycles. The van der Waals surface area contributed by atoms with E-state index in [-0.39, 0.29) is 0 Å². The first kappa shape index (κ1) is 11.0. The van der Waals surface area contributed by atoms with Gasteiger partial charge in [0.1, 0.15) is 12.2 Å². The van der Waals surface area contributed by atoms with E-state index >= 15 is 0 Å². The Morgan fingerprint density at radius 2 is 1.85 bits per heavy atom. The minimum Gasteiger partial charge on any atom is -0.268 e. The summed E-state index contributed by atoms with van der Waals surface area (Å²) in [6.45, 7) is 1.88. The van der Waals surface area contributed by atoms with Crippen molar-refractivity contribution in [1.82, 2.24) is 29.5 Å². The van der Waals surface area contributed by atoms with Gasteiger partial charge in [0.15, 0.2) is 16.8 Å². The number of rotatable bonds is 1. The van der Waals surface area contributed by atoms with Crippen molar-refractivity contribution < 1.29 is 0 Å². The standard InChI is InChI=1S/C14H10N6/c1-9-18-19-14-12-13(16-8-20(9)14)15-7-11(17-12)10-5-3-2-4-6-10/h2-8H,1H3. The third-order valence-corrected chi connectivity index (χ3v) is 3.20. The summed E-state index contributed by atoms with van der Waals surface area (Å²) in [5.41, 5.74) is 3.73. The van der Waals surface area contributed by atoms with Crippen LogP contribution in [0.1, 0.15) is 5.82 Å². The van der Waals surface area contributed by atoms with Gasteiger partial charge in [-0.05, 0) is 6.92 Å². The molecular formula is C14H10N6. The van der Waals surface area contributed by atoms with Gasteiger partial charge < -0.3 is 0 Å². The average Bonchev–Trinajstić information content (AvgIpc) is 2.89. The molecule has 3 heterocycles. The summed E-state index contributed by atoms with van der Waals surface area (Å²) < 4.78 is 1.81. The molecule has 0 fully saturated rings. The lowest BCUT2D eigenvalue weighted by Gasteiger charge is -2.03. The maximum Gasteiger partial charge on any atom is 0.191 e. The first-order chi connectivity index (χ1) is 9.83. The van der Waals surface area contributed by atoms with Crippen LogP contribution in [0.3, 0.4) is 0 Å². The van der Waals surface area contributed by atoms with Crippen molar-refractivity contribution in [2.75, 3.05) is 0 Å². The number of benzene rings is 1. The van der Waals surface area contributed by atoms with Gasteiger partial charge in [-0.3, -0.25) is 4.40 Å². The molecular weight excluding hydrogens is 252 g/mol. The Morgan fingerprint density at radius 1 is 1.00 bits per heavy atom. The molecule has 0 spiro atoms. The Bertz CT molecular complexity index is 913. The number of hydrogen-bond acceptors (Lipinski definition) is 5. The fourth-order valence-electron chi connectivity index (χ4n) is 2.16. The van der Waals surface area contributed by atoms with Gasteiger partial charge in [-0.15, -0.1) is 10.2 Å². The Hall–Kier alpha value is -2.89. The van der Waals surface area contributed by atoms with Gasteiger partial charge in [0, 0.05) is 5.56 Å². The molecule has 0 unspecified atom stereocenters. The largest absolute Gasteiger partial charge is 0.268 e. The minimum atomic E-state index is 0.574. The Morgan fingerprint density at radius 3 is 2.70 bits per heavy atom. The van der Waals surface area contributed by atoms with Crippen LogP contribution >= 0.6 is 0 Å². The van der Waals surface area contributed by atoms with E-state index in [1.165, 1.54) is 0 Å². The van der Waals surface area contributed by atoms with Gasteiger partial charge in [0.2, 0.25) is 0 Å². The van der Waals surface area contributed by atoms with E-state index in [1.54, 1.807) is 12.5 Å². The van der Waals surface area contributed by atoms with E-state index < -0.39 is 0 Å². The van der Waals surface area contributed by atoms with Crippen molar-refractivity contribution in [3.8, 4) is 11.3 Å². The zero-order chi connectivity index (χ0) is 13.5. The first-order valence-corrected chi connectivity index (χ1v) is 6.21. The van der Waals surface area contributed by atoms with Crippen LogP contribution in [0.15, 0.2) is 42.9 Å². The number of aromatic nitrogens is 6. The lowest BCUT2D eigenvalue weighted by Crippen LogP contribution is -1.97. The molecule has 6 nitrogen and oxygen atoms in total. The Kier molecular flexibility index (Phi) is 2.23. The van der Waals surface area contributed by atoms with E-state index in [0.29, 0.717) is 16.8 Å². The van der Waals surface area contributed by atoms with Crippen molar-refractivity contribution >= 4 is 16.8 Å². The quantitative estimate of drug-likeness (QED) is 0.525. The van der Waals surface area contributed by atoms with Crippen molar-refractivity contribution in [1.29, 1.82) is 0 Å². The maximum absolute atomic E-state index is 4.64. The molecule has 96 valence electrons. The third-order valence-electron chi connectivity index (χ3n) is 3.20. The zero-order valence-electron chi connectivity index (χ0n) is 10.7. The summed E-state index contributed by atoms with van der Waals surface area (Å²) >= 11 is 0. The Labute approximate surface area is 114 Å². The van der Waals surface area contributed by atoms with Crippen LogP contribution in [0.5, 0.6) is 0 Å². The molecule has 0 aliphatic carbocycles. The first-order valence-electron chi connectivity index (χ1n) is 6.21.